The zero-order chi connectivity index (χ0) is 23.5. The maximum Gasteiger partial charge on any atom is 0.254 e. The molecule has 2 aromatic carbocycles. The Hall–Kier alpha value is -3.75. The molecule has 0 saturated heterocycles. The van der Waals surface area contributed by atoms with Crippen molar-refractivity contribution in [2.75, 3.05) is 12.3 Å². The van der Waals surface area contributed by atoms with Gasteiger partial charge in [0.1, 0.15) is 11.6 Å². The first kappa shape index (κ1) is 22.4. The molecule has 1 amide bonds. The summed E-state index contributed by atoms with van der Waals surface area (Å²) in [6, 6.07) is 12.6. The van der Waals surface area contributed by atoms with E-state index in [1.54, 1.807) is 47.4 Å². The summed E-state index contributed by atoms with van der Waals surface area (Å²) in [5, 5.41) is 7.44. The number of halogens is 2. The fourth-order valence-electron chi connectivity index (χ4n) is 3.54. The van der Waals surface area contributed by atoms with Crippen LogP contribution in [0.4, 0.5) is 10.2 Å². The summed E-state index contributed by atoms with van der Waals surface area (Å²) in [5.41, 5.74) is 15.2. The number of aromatic nitrogens is 3. The van der Waals surface area contributed by atoms with E-state index in [1.807, 2.05) is 19.3 Å². The molecular formula is C24H22ClFN6O. The van der Waals surface area contributed by atoms with E-state index in [0.29, 0.717) is 16.1 Å². The van der Waals surface area contributed by atoms with Crippen molar-refractivity contribution in [1.82, 2.24) is 20.1 Å². The van der Waals surface area contributed by atoms with Crippen molar-refractivity contribution in [2.45, 2.75) is 6.04 Å². The van der Waals surface area contributed by atoms with E-state index < -0.39 is 17.8 Å². The monoisotopic (exact) mass is 464 g/mol. The molecule has 168 valence electrons. The Balaban J connectivity index is 1.60. The zero-order valence-electron chi connectivity index (χ0n) is 17.8. The predicted molar refractivity (Wildman–Crippen MR) is 127 cm³/mol. The van der Waals surface area contributed by atoms with Crippen LogP contribution in [0, 0.1) is 5.82 Å². The zero-order valence-corrected chi connectivity index (χ0v) is 18.6. The lowest BCUT2D eigenvalue weighted by Gasteiger charge is -2.18. The van der Waals surface area contributed by atoms with Crippen LogP contribution in [0.5, 0.6) is 0 Å². The SMILES string of the molecule is Cn1cc(-c2cnc(N)c(-c3ccc(C(=O)NC(CN)c4cccc(Cl)c4)c(F)c3)c2)cn1. The number of nitrogens with zero attached hydrogens (tertiary/aromatic N) is 3. The molecule has 5 N–H and O–H groups in total. The van der Waals surface area contributed by atoms with Crippen molar-refractivity contribution in [3.63, 3.8) is 0 Å². The molecule has 4 aromatic rings. The molecule has 2 heterocycles. The van der Waals surface area contributed by atoms with E-state index in [2.05, 4.69) is 15.4 Å². The van der Waals surface area contributed by atoms with Crippen LogP contribution >= 0.6 is 11.6 Å². The molecule has 7 nitrogen and oxygen atoms in total. The van der Waals surface area contributed by atoms with Crippen molar-refractivity contribution in [3.8, 4) is 22.3 Å². The second-order valence-electron chi connectivity index (χ2n) is 7.57. The molecule has 0 radical (unpaired) electrons. The molecule has 1 atom stereocenters. The van der Waals surface area contributed by atoms with Gasteiger partial charge < -0.3 is 16.8 Å². The fraction of sp³-hybridized carbons (Fsp3) is 0.125. The van der Waals surface area contributed by atoms with E-state index in [-0.39, 0.29) is 17.9 Å². The number of hydrogen-bond acceptors (Lipinski definition) is 5. The predicted octanol–water partition coefficient (Wildman–Crippen LogP) is 3.95. The molecular weight excluding hydrogens is 443 g/mol. The molecule has 0 fully saturated rings. The molecule has 0 saturated carbocycles. The lowest BCUT2D eigenvalue weighted by molar-refractivity contribution is 0.0934. The fourth-order valence-corrected chi connectivity index (χ4v) is 3.74. The summed E-state index contributed by atoms with van der Waals surface area (Å²) in [6.45, 7) is 0.134. The third-order valence-corrected chi connectivity index (χ3v) is 5.51. The minimum atomic E-state index is -0.682. The highest BCUT2D eigenvalue weighted by atomic mass is 35.5. The van der Waals surface area contributed by atoms with Gasteiger partial charge in [0.05, 0.1) is 17.8 Å². The number of nitrogens with one attached hydrogen (secondary N) is 1. The van der Waals surface area contributed by atoms with Gasteiger partial charge in [0.2, 0.25) is 0 Å². The highest BCUT2D eigenvalue weighted by Gasteiger charge is 2.19. The van der Waals surface area contributed by atoms with E-state index >= 15 is 0 Å². The quantitative estimate of drug-likeness (QED) is 0.400. The van der Waals surface area contributed by atoms with Gasteiger partial charge in [-0.2, -0.15) is 5.10 Å². The average Bonchev–Trinajstić information content (AvgIpc) is 3.23. The molecule has 1 unspecified atom stereocenters. The number of anilines is 1. The van der Waals surface area contributed by atoms with Gasteiger partial charge in [-0.05, 0) is 41.5 Å². The molecule has 9 heteroatoms. The van der Waals surface area contributed by atoms with Crippen LogP contribution in [0.2, 0.25) is 5.02 Å². The molecule has 2 aromatic heterocycles. The van der Waals surface area contributed by atoms with Gasteiger partial charge in [0.25, 0.3) is 5.91 Å². The maximum atomic E-state index is 15.0. The topological polar surface area (TPSA) is 112 Å². The molecule has 0 aliphatic heterocycles. The van der Waals surface area contributed by atoms with Gasteiger partial charge in [-0.1, -0.05) is 29.8 Å². The smallest absolute Gasteiger partial charge is 0.254 e. The second-order valence-corrected chi connectivity index (χ2v) is 8.01. The number of nitrogen functional groups attached to an aromatic ring is 1. The number of hydrogen-bond donors (Lipinski definition) is 3. The Morgan fingerprint density at radius 1 is 1.15 bits per heavy atom. The third kappa shape index (κ3) is 4.87. The average molecular weight is 465 g/mol. The van der Waals surface area contributed by atoms with Gasteiger partial charge in [-0.15, -0.1) is 0 Å². The number of pyridine rings is 1. The molecule has 0 aliphatic carbocycles. The Bertz CT molecular complexity index is 1320. The lowest BCUT2D eigenvalue weighted by Crippen LogP contribution is -2.33. The second kappa shape index (κ2) is 9.40. The lowest BCUT2D eigenvalue weighted by atomic mass is 10.0. The van der Waals surface area contributed by atoms with Crippen LogP contribution in [0.3, 0.4) is 0 Å². The van der Waals surface area contributed by atoms with Gasteiger partial charge in [-0.3, -0.25) is 9.48 Å². The summed E-state index contributed by atoms with van der Waals surface area (Å²) in [4.78, 5) is 17.0. The van der Waals surface area contributed by atoms with Gasteiger partial charge in [-0.25, -0.2) is 9.37 Å². The van der Waals surface area contributed by atoms with E-state index in [1.165, 1.54) is 12.1 Å². The minimum absolute atomic E-state index is 0.103. The van der Waals surface area contributed by atoms with Gasteiger partial charge >= 0.3 is 0 Å². The molecule has 0 spiro atoms. The van der Waals surface area contributed by atoms with Crippen molar-refractivity contribution in [2.24, 2.45) is 12.8 Å². The Morgan fingerprint density at radius 2 is 1.97 bits per heavy atom. The van der Waals surface area contributed by atoms with Crippen molar-refractivity contribution < 1.29 is 9.18 Å². The normalized spacial score (nSPS) is 11.9. The highest BCUT2D eigenvalue weighted by Crippen LogP contribution is 2.30. The summed E-state index contributed by atoms with van der Waals surface area (Å²) in [5.74, 6) is -1.01. The van der Waals surface area contributed by atoms with Crippen LogP contribution in [0.1, 0.15) is 22.0 Å². The number of rotatable bonds is 6. The summed E-state index contributed by atoms with van der Waals surface area (Å²) in [7, 11) is 1.82. The van der Waals surface area contributed by atoms with Crippen LogP contribution in [-0.4, -0.2) is 27.2 Å². The van der Waals surface area contributed by atoms with E-state index in [9.17, 15) is 9.18 Å². The van der Waals surface area contributed by atoms with Crippen molar-refractivity contribution in [3.05, 3.63) is 89.1 Å². The van der Waals surface area contributed by atoms with Crippen LogP contribution < -0.4 is 16.8 Å². The standard InChI is InChI=1S/C24H22ClFN6O/c1-32-13-17(12-30-32)16-8-20(23(28)29-11-16)14-5-6-19(21(26)9-14)24(33)31-22(10-27)15-3-2-4-18(25)7-15/h2-9,11-13,22H,10,27H2,1H3,(H2,28,29)(H,31,33). The van der Waals surface area contributed by atoms with Crippen LogP contribution in [0.25, 0.3) is 22.3 Å². The summed E-state index contributed by atoms with van der Waals surface area (Å²) >= 11 is 6.03. The number of benzene rings is 2. The Morgan fingerprint density at radius 3 is 2.64 bits per heavy atom. The van der Waals surface area contributed by atoms with Gasteiger partial charge in [0.15, 0.2) is 0 Å². The van der Waals surface area contributed by atoms with Crippen LogP contribution in [0.15, 0.2) is 67.1 Å². The first-order chi connectivity index (χ1) is 15.9. The summed E-state index contributed by atoms with van der Waals surface area (Å²) in [6.07, 6.45) is 5.19. The van der Waals surface area contributed by atoms with E-state index in [4.69, 9.17) is 23.1 Å². The van der Waals surface area contributed by atoms with Crippen molar-refractivity contribution in [1.29, 1.82) is 0 Å². The van der Waals surface area contributed by atoms with Crippen molar-refractivity contribution >= 4 is 23.3 Å². The summed E-state index contributed by atoms with van der Waals surface area (Å²) < 4.78 is 16.7. The minimum Gasteiger partial charge on any atom is -0.383 e. The number of amides is 1. The molecule has 0 bridgehead atoms. The molecule has 33 heavy (non-hydrogen) atoms. The third-order valence-electron chi connectivity index (χ3n) is 5.27. The number of aryl methyl sites for hydroxylation is 1. The van der Waals surface area contributed by atoms with E-state index in [0.717, 1.165) is 16.7 Å². The Kier molecular flexibility index (Phi) is 6.39. The largest absolute Gasteiger partial charge is 0.383 e. The highest BCUT2D eigenvalue weighted by molar-refractivity contribution is 6.30. The first-order valence-corrected chi connectivity index (χ1v) is 10.5. The number of nitrogens with two attached hydrogens (primary N) is 2. The molecule has 0 aliphatic rings. The maximum absolute atomic E-state index is 15.0. The first-order valence-electron chi connectivity index (χ1n) is 10.2. The van der Waals surface area contributed by atoms with Gasteiger partial charge in [0, 0.05) is 47.7 Å². The number of carbonyl (C=O) groups excluding carboxylic acids is 1. The number of carbonyl (C=O) groups is 1. The molecule has 4 rings (SSSR count). The van der Waals surface area contributed by atoms with Crippen LogP contribution in [-0.2, 0) is 7.05 Å². The Labute approximate surface area is 195 Å².